The van der Waals surface area contributed by atoms with E-state index in [0.29, 0.717) is 22.3 Å². The number of nitrogens with one attached hydrogen (secondary N) is 1. The van der Waals surface area contributed by atoms with Crippen LogP contribution in [0.15, 0.2) is 76.9 Å². The number of rotatable bonds is 7. The molecule has 0 atom stereocenters. The van der Waals surface area contributed by atoms with E-state index >= 15 is 0 Å². The average molecular weight is 526 g/mol. The number of aromatic nitrogens is 1. The van der Waals surface area contributed by atoms with Crippen molar-refractivity contribution in [2.75, 3.05) is 5.43 Å². The number of hydrazone groups is 1. The summed E-state index contributed by atoms with van der Waals surface area (Å²) in [6.45, 7) is 1.89. The third-order valence-electron chi connectivity index (χ3n) is 4.92. The van der Waals surface area contributed by atoms with Crippen LogP contribution in [-0.2, 0) is 14.8 Å². The van der Waals surface area contributed by atoms with Gasteiger partial charge >= 0.3 is 0 Å². The number of halogens is 2. The topological polar surface area (TPSA) is 114 Å². The summed E-state index contributed by atoms with van der Waals surface area (Å²) in [5.74, 6) is 0.546. The van der Waals surface area contributed by atoms with Crippen molar-refractivity contribution in [1.82, 2.24) is 3.97 Å². The molecule has 175 valence electrons. The molecule has 1 aromatic heterocycles. The Morgan fingerprint density at radius 2 is 1.74 bits per heavy atom. The second-order valence-corrected chi connectivity index (χ2v) is 9.94. The van der Waals surface area contributed by atoms with Gasteiger partial charge in [-0.05, 0) is 55.5 Å². The van der Waals surface area contributed by atoms with Gasteiger partial charge in [0.05, 0.1) is 26.1 Å². The number of fused-ring (bicyclic) bond motifs is 1. The molecule has 0 spiro atoms. The minimum Gasteiger partial charge on any atom is -0.454 e. The first kappa shape index (κ1) is 24.3. The summed E-state index contributed by atoms with van der Waals surface area (Å²) in [7, 11) is -3.77. The van der Waals surface area contributed by atoms with Gasteiger partial charge in [-0.1, -0.05) is 40.9 Å². The third kappa shape index (κ3) is 5.00. The minimum atomic E-state index is -3.77. The van der Waals surface area contributed by atoms with E-state index < -0.39 is 15.7 Å². The van der Waals surface area contributed by atoms with Crippen LogP contribution >= 0.6 is 23.2 Å². The lowest BCUT2D eigenvalue weighted by Crippen LogP contribution is -2.11. The Labute approximate surface area is 211 Å². The molecular weight excluding hydrogens is 511 g/mol. The van der Waals surface area contributed by atoms with Crippen LogP contribution in [-0.4, -0.2) is 24.4 Å². The Kier molecular flexibility index (Phi) is 6.80. The molecule has 8 nitrogen and oxygen atoms in total. The molecule has 0 saturated heterocycles. The monoisotopic (exact) mass is 525 g/mol. The highest BCUT2D eigenvalue weighted by atomic mass is 35.5. The summed E-state index contributed by atoms with van der Waals surface area (Å²) in [4.78, 5) is 10.7. The van der Waals surface area contributed by atoms with Gasteiger partial charge in [0.15, 0.2) is 5.75 Å². The molecule has 1 N–H and O–H groups in total. The number of carbonyl (C=O) groups excluding carboxylic acids is 1. The standard InChI is InChI=1S/C24H15Cl2N4O4S/c1-15-2-5-20(6-3-15)35(32,33)30-9-8-16-10-19(4-7-23(16)30)34-24-21(25)11-17(12-22(24)26)28-29-18(13-27)14-31/h2-12,28H,1H3/b29-18-. The Morgan fingerprint density at radius 1 is 1.06 bits per heavy atom. The average Bonchev–Trinajstić information content (AvgIpc) is 3.26. The van der Waals surface area contributed by atoms with Gasteiger partial charge in [0.2, 0.25) is 5.71 Å². The molecule has 0 saturated carbocycles. The second kappa shape index (κ2) is 9.80. The molecule has 35 heavy (non-hydrogen) atoms. The Morgan fingerprint density at radius 3 is 2.37 bits per heavy atom. The van der Waals surface area contributed by atoms with Crippen LogP contribution < -0.4 is 10.2 Å². The summed E-state index contributed by atoms with van der Waals surface area (Å²) in [6.07, 6.45) is 2.86. The molecule has 0 fully saturated rings. The minimum absolute atomic E-state index is 0.142. The highest BCUT2D eigenvalue weighted by molar-refractivity contribution is 7.90. The van der Waals surface area contributed by atoms with Crippen LogP contribution in [0.3, 0.4) is 0 Å². The lowest BCUT2D eigenvalue weighted by molar-refractivity contribution is 0.484. The zero-order valence-electron chi connectivity index (χ0n) is 18.0. The maximum absolute atomic E-state index is 13.1. The van der Waals surface area contributed by atoms with E-state index in [1.807, 2.05) is 6.92 Å². The van der Waals surface area contributed by atoms with Crippen molar-refractivity contribution < 1.29 is 17.9 Å². The normalized spacial score (nSPS) is 11.8. The molecule has 3 aromatic carbocycles. The molecule has 0 unspecified atom stereocenters. The smallest absolute Gasteiger partial charge is 0.268 e. The van der Waals surface area contributed by atoms with Crippen molar-refractivity contribution in [2.45, 2.75) is 11.8 Å². The van der Waals surface area contributed by atoms with Crippen molar-refractivity contribution in [3.8, 4) is 17.6 Å². The molecule has 0 aliphatic rings. The first-order chi connectivity index (χ1) is 16.7. The Balaban J connectivity index is 1.62. The van der Waals surface area contributed by atoms with Gasteiger partial charge in [0, 0.05) is 11.6 Å². The number of aryl methyl sites for hydroxylation is 1. The number of nitrogens with zero attached hydrogens (tertiary/aromatic N) is 3. The number of benzene rings is 3. The van der Waals surface area contributed by atoms with Crippen LogP contribution in [0, 0.1) is 18.3 Å². The number of hydrogen-bond acceptors (Lipinski definition) is 7. The lowest BCUT2D eigenvalue weighted by Gasteiger charge is -2.12. The number of nitriles is 1. The van der Waals surface area contributed by atoms with Gasteiger partial charge in [0.25, 0.3) is 16.3 Å². The van der Waals surface area contributed by atoms with E-state index in [2.05, 4.69) is 10.5 Å². The van der Waals surface area contributed by atoms with E-state index in [0.717, 1.165) is 5.56 Å². The van der Waals surface area contributed by atoms with E-state index in [1.54, 1.807) is 54.6 Å². The molecule has 0 amide bonds. The Bertz CT molecular complexity index is 1600. The Hall–Kier alpha value is -3.84. The molecule has 4 aromatic rings. The van der Waals surface area contributed by atoms with Gasteiger partial charge in [-0.15, -0.1) is 0 Å². The van der Waals surface area contributed by atoms with Crippen molar-refractivity contribution in [1.29, 1.82) is 5.26 Å². The van der Waals surface area contributed by atoms with Crippen molar-refractivity contribution in [2.24, 2.45) is 5.10 Å². The fraction of sp³-hybridized carbons (Fsp3) is 0.0417. The summed E-state index contributed by atoms with van der Waals surface area (Å²) in [6, 6.07) is 17.7. The zero-order chi connectivity index (χ0) is 25.2. The van der Waals surface area contributed by atoms with Crippen molar-refractivity contribution >= 4 is 61.8 Å². The van der Waals surface area contributed by atoms with Crippen LogP contribution in [0.5, 0.6) is 11.5 Å². The molecule has 1 radical (unpaired) electrons. The molecule has 11 heteroatoms. The van der Waals surface area contributed by atoms with Crippen molar-refractivity contribution in [3.05, 3.63) is 82.5 Å². The predicted molar refractivity (Wildman–Crippen MR) is 135 cm³/mol. The zero-order valence-corrected chi connectivity index (χ0v) is 20.3. The van der Waals surface area contributed by atoms with Crippen LogP contribution in [0.25, 0.3) is 10.9 Å². The fourth-order valence-electron chi connectivity index (χ4n) is 3.22. The number of hydrogen-bond donors (Lipinski definition) is 1. The van der Waals surface area contributed by atoms with Gasteiger partial charge in [0.1, 0.15) is 11.8 Å². The summed E-state index contributed by atoms with van der Waals surface area (Å²) >= 11 is 12.6. The maximum Gasteiger partial charge on any atom is 0.268 e. The van der Waals surface area contributed by atoms with Crippen LogP contribution in [0.1, 0.15) is 5.56 Å². The molecule has 4 rings (SSSR count). The first-order valence-electron chi connectivity index (χ1n) is 9.95. The van der Waals surface area contributed by atoms with E-state index in [4.69, 9.17) is 33.2 Å². The van der Waals surface area contributed by atoms with E-state index in [-0.39, 0.29) is 20.7 Å². The highest BCUT2D eigenvalue weighted by Gasteiger charge is 2.19. The van der Waals surface area contributed by atoms with Gasteiger partial charge in [-0.2, -0.15) is 10.4 Å². The van der Waals surface area contributed by atoms with Gasteiger partial charge < -0.3 is 4.74 Å². The fourth-order valence-corrected chi connectivity index (χ4v) is 5.14. The third-order valence-corrected chi connectivity index (χ3v) is 7.19. The summed E-state index contributed by atoms with van der Waals surface area (Å²) in [5, 5.41) is 13.2. The van der Waals surface area contributed by atoms with E-state index in [1.165, 1.54) is 28.6 Å². The molecule has 0 bridgehead atoms. The van der Waals surface area contributed by atoms with Gasteiger partial charge in [-0.3, -0.25) is 10.2 Å². The highest BCUT2D eigenvalue weighted by Crippen LogP contribution is 2.39. The van der Waals surface area contributed by atoms with Crippen molar-refractivity contribution in [3.63, 3.8) is 0 Å². The molecular formula is C24H15Cl2N4O4S. The van der Waals surface area contributed by atoms with Gasteiger partial charge in [-0.25, -0.2) is 12.4 Å². The predicted octanol–water partition coefficient (Wildman–Crippen LogP) is 5.69. The number of ether oxygens (including phenoxy) is 1. The summed E-state index contributed by atoms with van der Waals surface area (Å²) in [5.41, 5.74) is 3.79. The molecule has 0 aliphatic heterocycles. The largest absolute Gasteiger partial charge is 0.454 e. The van der Waals surface area contributed by atoms with E-state index in [9.17, 15) is 13.2 Å². The SMILES string of the molecule is Cc1ccc(S(=O)(=O)n2ccc3cc(Oc4c(Cl)cc(N/N=C(\[C]=O)C#N)cc4Cl)ccc32)cc1. The number of anilines is 1. The van der Waals surface area contributed by atoms with Crippen LogP contribution in [0.4, 0.5) is 5.69 Å². The maximum atomic E-state index is 13.1. The second-order valence-electron chi connectivity index (χ2n) is 7.31. The molecule has 0 aliphatic carbocycles. The molecule has 1 heterocycles. The quantitative estimate of drug-likeness (QED) is 0.245. The lowest BCUT2D eigenvalue weighted by atomic mass is 10.2. The first-order valence-corrected chi connectivity index (χ1v) is 12.1. The summed E-state index contributed by atoms with van der Waals surface area (Å²) < 4.78 is 33.3. The van der Waals surface area contributed by atoms with Crippen LogP contribution in [0.2, 0.25) is 10.0 Å².